The van der Waals surface area contributed by atoms with Gasteiger partial charge in [-0.05, 0) is 61.3 Å². The maximum absolute atomic E-state index is 12.2. The molecule has 0 bridgehead atoms. The zero-order valence-corrected chi connectivity index (χ0v) is 17.8. The molecular formula is C24H27NO2S. The number of carboxylic acid groups (broad SMARTS) is 1. The molecule has 1 aromatic carbocycles. The molecule has 146 valence electrons. The third kappa shape index (κ3) is 3.14. The van der Waals surface area contributed by atoms with Gasteiger partial charge in [-0.3, -0.25) is 4.79 Å². The number of carboxylic acids is 1. The van der Waals surface area contributed by atoms with Crippen molar-refractivity contribution in [2.24, 2.45) is 5.92 Å². The molecule has 1 aliphatic rings. The van der Waals surface area contributed by atoms with E-state index in [2.05, 4.69) is 38.1 Å². The number of benzene rings is 1. The lowest BCUT2D eigenvalue weighted by atomic mass is 9.84. The number of pyridine rings is 1. The lowest BCUT2D eigenvalue weighted by Crippen LogP contribution is -2.15. The highest BCUT2D eigenvalue weighted by molar-refractivity contribution is 7.19. The fourth-order valence-electron chi connectivity index (χ4n) is 4.61. The molecule has 28 heavy (non-hydrogen) atoms. The predicted octanol–water partition coefficient (Wildman–Crippen LogP) is 6.28. The Hall–Kier alpha value is -2.20. The van der Waals surface area contributed by atoms with Crippen molar-refractivity contribution < 1.29 is 9.90 Å². The van der Waals surface area contributed by atoms with Crippen molar-refractivity contribution in [3.63, 3.8) is 0 Å². The third-order valence-electron chi connectivity index (χ3n) is 5.90. The van der Waals surface area contributed by atoms with E-state index in [9.17, 15) is 9.90 Å². The van der Waals surface area contributed by atoms with Crippen molar-refractivity contribution in [1.82, 2.24) is 4.98 Å². The van der Waals surface area contributed by atoms with Crippen LogP contribution in [0.5, 0.6) is 0 Å². The van der Waals surface area contributed by atoms with Crippen molar-refractivity contribution in [2.45, 2.75) is 59.3 Å². The lowest BCUT2D eigenvalue weighted by Gasteiger charge is -2.21. The normalized spacial score (nSPS) is 17.1. The van der Waals surface area contributed by atoms with E-state index in [4.69, 9.17) is 4.98 Å². The maximum atomic E-state index is 12.2. The van der Waals surface area contributed by atoms with Gasteiger partial charge < -0.3 is 5.11 Å². The van der Waals surface area contributed by atoms with Crippen LogP contribution in [0.2, 0.25) is 0 Å². The van der Waals surface area contributed by atoms with Gasteiger partial charge in [0.15, 0.2) is 0 Å². The van der Waals surface area contributed by atoms with Gasteiger partial charge in [0.1, 0.15) is 4.83 Å². The van der Waals surface area contributed by atoms with E-state index in [0.717, 1.165) is 46.5 Å². The largest absolute Gasteiger partial charge is 0.481 e. The van der Waals surface area contributed by atoms with Crippen LogP contribution < -0.4 is 0 Å². The van der Waals surface area contributed by atoms with Crippen molar-refractivity contribution in [2.75, 3.05) is 0 Å². The van der Waals surface area contributed by atoms with E-state index in [0.29, 0.717) is 12.3 Å². The van der Waals surface area contributed by atoms with Crippen molar-refractivity contribution in [3.05, 3.63) is 51.5 Å². The first kappa shape index (κ1) is 19.1. The number of aliphatic carboxylic acids is 1. The molecule has 2 heterocycles. The first-order valence-electron chi connectivity index (χ1n) is 10.1. The number of fused-ring (bicyclic) bond motifs is 3. The molecule has 4 heteroatoms. The summed E-state index contributed by atoms with van der Waals surface area (Å²) in [7, 11) is 0. The molecule has 3 aromatic rings. The highest BCUT2D eigenvalue weighted by Gasteiger charge is 2.31. The van der Waals surface area contributed by atoms with Gasteiger partial charge in [-0.1, -0.05) is 50.1 Å². The number of aromatic nitrogens is 1. The summed E-state index contributed by atoms with van der Waals surface area (Å²) < 4.78 is 0. The number of rotatable bonds is 5. The predicted molar refractivity (Wildman–Crippen MR) is 116 cm³/mol. The fourth-order valence-corrected chi connectivity index (χ4v) is 6.03. The number of nitrogens with zero attached hydrogens (tertiary/aromatic N) is 1. The standard InChI is InChI=1S/C24H27NO2S/c1-5-6-17(24(26)27)20-15(4)25-23-22(18-11-14(3)12-19(18)28-23)21(20)16-9-7-13(2)8-10-16/h7-10,14,17H,5-6,11-12H2,1-4H3,(H,26,27). The SMILES string of the molecule is CCCC(C(=O)O)c1c(C)nc2sc3c(c2c1-c1ccc(C)cc1)CC(C)C3. The number of carbonyl (C=O) groups is 1. The molecule has 0 amide bonds. The molecule has 0 saturated carbocycles. The Morgan fingerprint density at radius 3 is 2.61 bits per heavy atom. The molecule has 2 aromatic heterocycles. The fraction of sp³-hybridized carbons (Fsp3) is 0.417. The lowest BCUT2D eigenvalue weighted by molar-refractivity contribution is -0.139. The highest BCUT2D eigenvalue weighted by atomic mass is 32.1. The Balaban J connectivity index is 2.09. The first-order valence-corrected chi connectivity index (χ1v) is 11.0. The van der Waals surface area contributed by atoms with Gasteiger partial charge in [-0.2, -0.15) is 0 Å². The van der Waals surface area contributed by atoms with Crippen LogP contribution in [-0.4, -0.2) is 16.1 Å². The van der Waals surface area contributed by atoms with E-state index in [-0.39, 0.29) is 0 Å². The van der Waals surface area contributed by atoms with Crippen LogP contribution in [0.15, 0.2) is 24.3 Å². The van der Waals surface area contributed by atoms with E-state index in [1.807, 2.05) is 13.8 Å². The average Bonchev–Trinajstić information content (AvgIpc) is 3.15. The Labute approximate surface area is 170 Å². The summed E-state index contributed by atoms with van der Waals surface area (Å²) in [6.45, 7) is 8.40. The zero-order chi connectivity index (χ0) is 20.0. The summed E-state index contributed by atoms with van der Waals surface area (Å²) in [4.78, 5) is 19.6. The second-order valence-corrected chi connectivity index (χ2v) is 9.31. The van der Waals surface area contributed by atoms with Gasteiger partial charge >= 0.3 is 5.97 Å². The Bertz CT molecular complexity index is 1050. The van der Waals surface area contributed by atoms with Crippen molar-refractivity contribution >= 4 is 27.5 Å². The summed E-state index contributed by atoms with van der Waals surface area (Å²) in [6.07, 6.45) is 3.63. The second kappa shape index (κ2) is 7.32. The molecule has 0 fully saturated rings. The molecule has 2 unspecified atom stereocenters. The monoisotopic (exact) mass is 393 g/mol. The number of thiophene rings is 1. The average molecular weight is 394 g/mol. The first-order chi connectivity index (χ1) is 13.4. The zero-order valence-electron chi connectivity index (χ0n) is 17.0. The van der Waals surface area contributed by atoms with Crippen LogP contribution in [0.1, 0.15) is 59.9 Å². The Kier molecular flexibility index (Phi) is 5.00. The van der Waals surface area contributed by atoms with Crippen LogP contribution in [0.25, 0.3) is 21.3 Å². The Morgan fingerprint density at radius 1 is 1.25 bits per heavy atom. The van der Waals surface area contributed by atoms with Gasteiger partial charge in [0.25, 0.3) is 0 Å². The van der Waals surface area contributed by atoms with Crippen LogP contribution in [0.3, 0.4) is 0 Å². The summed E-state index contributed by atoms with van der Waals surface area (Å²) in [5, 5.41) is 11.2. The van der Waals surface area contributed by atoms with E-state index >= 15 is 0 Å². The van der Waals surface area contributed by atoms with Crippen LogP contribution >= 0.6 is 11.3 Å². The van der Waals surface area contributed by atoms with Gasteiger partial charge in [0, 0.05) is 16.0 Å². The van der Waals surface area contributed by atoms with Crippen molar-refractivity contribution in [1.29, 1.82) is 0 Å². The molecule has 4 rings (SSSR count). The van der Waals surface area contributed by atoms with Gasteiger partial charge in [0.2, 0.25) is 0 Å². The minimum Gasteiger partial charge on any atom is -0.481 e. The molecule has 1 N–H and O–H groups in total. The van der Waals surface area contributed by atoms with Gasteiger partial charge in [-0.25, -0.2) is 4.98 Å². The molecule has 3 nitrogen and oxygen atoms in total. The topological polar surface area (TPSA) is 50.2 Å². The smallest absolute Gasteiger partial charge is 0.311 e. The molecule has 0 aliphatic heterocycles. The summed E-state index contributed by atoms with van der Waals surface area (Å²) >= 11 is 1.80. The molecule has 2 atom stereocenters. The van der Waals surface area contributed by atoms with Crippen molar-refractivity contribution in [3.8, 4) is 11.1 Å². The van der Waals surface area contributed by atoms with E-state index in [1.165, 1.54) is 21.4 Å². The second-order valence-electron chi connectivity index (χ2n) is 8.23. The van der Waals surface area contributed by atoms with Crippen LogP contribution in [0, 0.1) is 19.8 Å². The molecule has 1 aliphatic carbocycles. The highest BCUT2D eigenvalue weighted by Crippen LogP contribution is 2.47. The van der Waals surface area contributed by atoms with E-state index < -0.39 is 11.9 Å². The summed E-state index contributed by atoms with van der Waals surface area (Å²) in [5.74, 6) is -0.625. The maximum Gasteiger partial charge on any atom is 0.311 e. The van der Waals surface area contributed by atoms with Gasteiger partial charge in [-0.15, -0.1) is 11.3 Å². The minimum absolute atomic E-state index is 0.521. The van der Waals surface area contributed by atoms with E-state index in [1.54, 1.807) is 11.3 Å². The van der Waals surface area contributed by atoms with Gasteiger partial charge in [0.05, 0.1) is 5.92 Å². The summed E-state index contributed by atoms with van der Waals surface area (Å²) in [5.41, 5.74) is 6.59. The third-order valence-corrected chi connectivity index (χ3v) is 7.05. The minimum atomic E-state index is -0.750. The summed E-state index contributed by atoms with van der Waals surface area (Å²) in [6, 6.07) is 8.51. The number of hydrogen-bond acceptors (Lipinski definition) is 3. The van der Waals surface area contributed by atoms with Crippen LogP contribution in [-0.2, 0) is 17.6 Å². The number of aryl methyl sites for hydroxylation is 2. The molecule has 0 saturated heterocycles. The molecule has 0 spiro atoms. The number of hydrogen-bond donors (Lipinski definition) is 1. The molecule has 0 radical (unpaired) electrons. The Morgan fingerprint density at radius 2 is 1.96 bits per heavy atom. The molecular weight excluding hydrogens is 366 g/mol. The van der Waals surface area contributed by atoms with Crippen LogP contribution in [0.4, 0.5) is 0 Å². The quantitative estimate of drug-likeness (QED) is 0.555.